The SMILES string of the molecule is COc1cc(-c2cnc3cc(OCC4CCNC4)ccn23)cc(OC(F)F)c1C(=O)CC1CC1. The molecule has 2 aromatic heterocycles. The van der Waals surface area contributed by atoms with E-state index >= 15 is 0 Å². The maximum absolute atomic E-state index is 13.2. The molecular weight excluding hydrogens is 444 g/mol. The van der Waals surface area contributed by atoms with Gasteiger partial charge in [-0.15, -0.1) is 0 Å². The number of benzene rings is 1. The highest BCUT2D eigenvalue weighted by Gasteiger charge is 2.29. The summed E-state index contributed by atoms with van der Waals surface area (Å²) in [6.07, 6.45) is 6.81. The summed E-state index contributed by atoms with van der Waals surface area (Å²) in [6, 6.07) is 6.81. The monoisotopic (exact) mass is 471 g/mol. The number of hydrogen-bond donors (Lipinski definition) is 1. The Hall–Kier alpha value is -3.20. The second kappa shape index (κ2) is 9.58. The number of hydrogen-bond acceptors (Lipinski definition) is 6. The predicted octanol–water partition coefficient (Wildman–Crippen LogP) is 4.58. The highest BCUT2D eigenvalue weighted by molar-refractivity contribution is 6.02. The van der Waals surface area contributed by atoms with E-state index in [1.165, 1.54) is 13.2 Å². The number of ketones is 1. The first-order valence-corrected chi connectivity index (χ1v) is 11.5. The lowest BCUT2D eigenvalue weighted by molar-refractivity contribution is -0.0502. The normalized spacial score (nSPS) is 17.9. The van der Waals surface area contributed by atoms with Crippen molar-refractivity contribution in [2.75, 3.05) is 26.8 Å². The van der Waals surface area contributed by atoms with Crippen LogP contribution in [0, 0.1) is 11.8 Å². The molecule has 1 N–H and O–H groups in total. The first-order chi connectivity index (χ1) is 16.5. The standard InChI is InChI=1S/C25H27F2N3O4/c1-32-21-9-17(10-22(34-25(26)27)24(21)20(31)8-15-2-3-15)19-13-29-23-11-18(5-7-30(19)23)33-14-16-4-6-28-12-16/h5,7,9-11,13,15-16,25,28H,2-4,6,8,12,14H2,1H3. The van der Waals surface area contributed by atoms with E-state index in [2.05, 4.69) is 10.3 Å². The number of carbonyl (C=O) groups is 1. The van der Waals surface area contributed by atoms with Crippen molar-refractivity contribution in [2.45, 2.75) is 32.3 Å². The van der Waals surface area contributed by atoms with E-state index in [4.69, 9.17) is 14.2 Å². The highest BCUT2D eigenvalue weighted by atomic mass is 19.3. The van der Waals surface area contributed by atoms with Crippen molar-refractivity contribution < 1.29 is 27.8 Å². The molecule has 1 unspecified atom stereocenters. The number of carbonyl (C=O) groups excluding carboxylic acids is 1. The topological polar surface area (TPSA) is 74.1 Å². The number of halogens is 2. The number of pyridine rings is 1. The third-order valence-electron chi connectivity index (χ3n) is 6.38. The molecule has 0 radical (unpaired) electrons. The molecular formula is C25H27F2N3O4. The third-order valence-corrected chi connectivity index (χ3v) is 6.38. The predicted molar refractivity (Wildman–Crippen MR) is 122 cm³/mol. The van der Waals surface area contributed by atoms with Gasteiger partial charge in [-0.3, -0.25) is 9.20 Å². The number of nitrogens with one attached hydrogen (secondary N) is 1. The van der Waals surface area contributed by atoms with Crippen LogP contribution in [0.3, 0.4) is 0 Å². The lowest BCUT2D eigenvalue weighted by atomic mass is 10.00. The highest BCUT2D eigenvalue weighted by Crippen LogP contribution is 2.40. The number of imidazole rings is 1. The number of aromatic nitrogens is 2. The molecule has 0 spiro atoms. The van der Waals surface area contributed by atoms with Gasteiger partial charge >= 0.3 is 6.61 Å². The smallest absolute Gasteiger partial charge is 0.387 e. The number of rotatable bonds is 10. The maximum Gasteiger partial charge on any atom is 0.387 e. The first kappa shape index (κ1) is 22.6. The van der Waals surface area contributed by atoms with Crippen molar-refractivity contribution in [1.29, 1.82) is 0 Å². The van der Waals surface area contributed by atoms with Gasteiger partial charge in [0.2, 0.25) is 0 Å². The maximum atomic E-state index is 13.2. The fraction of sp³-hybridized carbons (Fsp3) is 0.440. The Labute approximate surface area is 196 Å². The molecule has 1 aliphatic heterocycles. The number of Topliss-reactive ketones (excluding diaryl/α,β-unsaturated/α-hetero) is 1. The zero-order valence-electron chi connectivity index (χ0n) is 18.9. The summed E-state index contributed by atoms with van der Waals surface area (Å²) in [5.41, 5.74) is 1.92. The molecule has 9 heteroatoms. The average molecular weight is 472 g/mol. The molecule has 1 aliphatic carbocycles. The number of ether oxygens (including phenoxy) is 3. The lowest BCUT2D eigenvalue weighted by Gasteiger charge is -2.16. The van der Waals surface area contributed by atoms with E-state index in [0.717, 1.165) is 38.1 Å². The van der Waals surface area contributed by atoms with E-state index in [0.29, 0.717) is 41.8 Å². The second-order valence-corrected chi connectivity index (χ2v) is 8.90. The molecule has 1 saturated heterocycles. The van der Waals surface area contributed by atoms with Crippen LogP contribution in [0.4, 0.5) is 8.78 Å². The van der Waals surface area contributed by atoms with Gasteiger partial charge in [-0.1, -0.05) is 0 Å². The summed E-state index contributed by atoms with van der Waals surface area (Å²) in [4.78, 5) is 17.3. The Morgan fingerprint density at radius 3 is 2.74 bits per heavy atom. The minimum atomic E-state index is -3.07. The molecule has 0 amide bonds. The summed E-state index contributed by atoms with van der Waals surface area (Å²) >= 11 is 0. The van der Waals surface area contributed by atoms with Crippen LogP contribution in [-0.2, 0) is 0 Å². The number of nitrogens with zero attached hydrogens (tertiary/aromatic N) is 2. The third kappa shape index (κ3) is 4.84. The summed E-state index contributed by atoms with van der Waals surface area (Å²) in [6.45, 7) is -0.454. The Balaban J connectivity index is 1.46. The minimum absolute atomic E-state index is 0.0596. The molecule has 34 heavy (non-hydrogen) atoms. The summed E-state index contributed by atoms with van der Waals surface area (Å²) < 4.78 is 44.4. The Kier molecular flexibility index (Phi) is 6.36. The summed E-state index contributed by atoms with van der Waals surface area (Å²) in [5, 5.41) is 3.32. The van der Waals surface area contributed by atoms with Crippen LogP contribution in [0.25, 0.3) is 16.9 Å². The molecule has 2 aliphatic rings. The molecule has 0 bridgehead atoms. The number of methoxy groups -OCH3 is 1. The van der Waals surface area contributed by atoms with Gasteiger partial charge in [0.05, 0.1) is 25.6 Å². The molecule has 1 atom stereocenters. The molecule has 2 fully saturated rings. The van der Waals surface area contributed by atoms with E-state index in [-0.39, 0.29) is 22.8 Å². The van der Waals surface area contributed by atoms with Gasteiger partial charge in [0, 0.05) is 36.7 Å². The second-order valence-electron chi connectivity index (χ2n) is 8.90. The van der Waals surface area contributed by atoms with Gasteiger partial charge in [0.1, 0.15) is 28.5 Å². The lowest BCUT2D eigenvalue weighted by Crippen LogP contribution is -2.15. The number of fused-ring (bicyclic) bond motifs is 1. The van der Waals surface area contributed by atoms with Crippen molar-refractivity contribution in [3.63, 3.8) is 0 Å². The summed E-state index contributed by atoms with van der Waals surface area (Å²) in [7, 11) is 1.41. The molecule has 180 valence electrons. The first-order valence-electron chi connectivity index (χ1n) is 11.5. The van der Waals surface area contributed by atoms with Gasteiger partial charge in [-0.25, -0.2) is 4.98 Å². The summed E-state index contributed by atoms with van der Waals surface area (Å²) in [5.74, 6) is 1.29. The fourth-order valence-electron chi connectivity index (χ4n) is 4.38. The van der Waals surface area contributed by atoms with Gasteiger partial charge in [-0.05, 0) is 49.9 Å². The van der Waals surface area contributed by atoms with Gasteiger partial charge in [-0.2, -0.15) is 8.78 Å². The fourth-order valence-corrected chi connectivity index (χ4v) is 4.38. The van der Waals surface area contributed by atoms with Crippen LogP contribution in [0.5, 0.6) is 17.2 Å². The molecule has 1 aromatic carbocycles. The molecule has 3 heterocycles. The van der Waals surface area contributed by atoms with Crippen LogP contribution < -0.4 is 19.5 Å². The van der Waals surface area contributed by atoms with Gasteiger partial charge < -0.3 is 19.5 Å². The zero-order valence-corrected chi connectivity index (χ0v) is 18.9. The Bertz CT molecular complexity index is 1190. The van der Waals surface area contributed by atoms with Crippen LogP contribution in [0.2, 0.25) is 0 Å². The zero-order chi connectivity index (χ0) is 23.7. The van der Waals surface area contributed by atoms with Gasteiger partial charge in [0.15, 0.2) is 5.78 Å². The Morgan fingerprint density at radius 1 is 1.21 bits per heavy atom. The van der Waals surface area contributed by atoms with Crippen molar-refractivity contribution in [3.05, 3.63) is 42.2 Å². The van der Waals surface area contributed by atoms with Crippen molar-refractivity contribution in [2.24, 2.45) is 11.8 Å². The van der Waals surface area contributed by atoms with E-state index in [9.17, 15) is 13.6 Å². The van der Waals surface area contributed by atoms with Crippen LogP contribution in [0.15, 0.2) is 36.7 Å². The quantitative estimate of drug-likeness (QED) is 0.437. The van der Waals surface area contributed by atoms with Crippen molar-refractivity contribution in [1.82, 2.24) is 14.7 Å². The van der Waals surface area contributed by atoms with Crippen molar-refractivity contribution >= 4 is 11.4 Å². The molecule has 1 saturated carbocycles. The Morgan fingerprint density at radius 2 is 2.03 bits per heavy atom. The average Bonchev–Trinajstić information content (AvgIpc) is 3.30. The molecule has 5 rings (SSSR count). The van der Waals surface area contributed by atoms with Gasteiger partial charge in [0.25, 0.3) is 0 Å². The molecule has 3 aromatic rings. The van der Waals surface area contributed by atoms with E-state index in [1.807, 2.05) is 22.7 Å². The largest absolute Gasteiger partial charge is 0.496 e. The minimum Gasteiger partial charge on any atom is -0.496 e. The van der Waals surface area contributed by atoms with Crippen LogP contribution in [-0.4, -0.2) is 48.6 Å². The van der Waals surface area contributed by atoms with Crippen LogP contribution >= 0.6 is 0 Å². The van der Waals surface area contributed by atoms with E-state index in [1.54, 1.807) is 12.3 Å². The molecule has 7 nitrogen and oxygen atoms in total. The van der Waals surface area contributed by atoms with Crippen molar-refractivity contribution in [3.8, 4) is 28.5 Å². The number of alkyl halides is 2. The van der Waals surface area contributed by atoms with Crippen LogP contribution in [0.1, 0.15) is 36.0 Å². The van der Waals surface area contributed by atoms with E-state index < -0.39 is 6.61 Å².